The molecule has 3 aromatic rings. The maximum atomic E-state index is 14.0. The molecule has 2 aromatic carbocycles. The van der Waals surface area contributed by atoms with Crippen LogP contribution in [0.4, 0.5) is 15.0 Å². The molecule has 1 atom stereocenters. The number of carbonyl (C=O) groups excluding carboxylic acids is 2. The van der Waals surface area contributed by atoms with Crippen LogP contribution in [-0.2, 0) is 4.74 Å². The van der Waals surface area contributed by atoms with Gasteiger partial charge in [0, 0.05) is 47.9 Å². The van der Waals surface area contributed by atoms with E-state index in [9.17, 15) is 14.0 Å². The van der Waals surface area contributed by atoms with Crippen molar-refractivity contribution in [2.24, 2.45) is 0 Å². The summed E-state index contributed by atoms with van der Waals surface area (Å²) in [5.74, 6) is -0.690. The lowest BCUT2D eigenvalue weighted by Gasteiger charge is -2.35. The first-order chi connectivity index (χ1) is 18.8. The fraction of sp³-hybridized carbons (Fsp3) is 0.357. The van der Waals surface area contributed by atoms with Crippen LogP contribution in [0.5, 0.6) is 5.88 Å². The number of carbonyl (C=O) groups is 2. The smallest absolute Gasteiger partial charge is 0.410 e. The lowest BCUT2D eigenvalue weighted by atomic mass is 10.1. The van der Waals surface area contributed by atoms with E-state index < -0.39 is 17.5 Å². The predicted octanol–water partition coefficient (Wildman–Crippen LogP) is 6.00. The van der Waals surface area contributed by atoms with E-state index in [1.165, 1.54) is 18.3 Å². The molecule has 0 saturated carbocycles. The Morgan fingerprint density at radius 2 is 1.65 bits per heavy atom. The first kappa shape index (κ1) is 29.4. The molecule has 40 heavy (non-hydrogen) atoms. The van der Waals surface area contributed by atoms with Crippen molar-refractivity contribution >= 4 is 41.0 Å². The molecule has 1 unspecified atom stereocenters. The first-order valence-corrected chi connectivity index (χ1v) is 13.4. The van der Waals surface area contributed by atoms with Gasteiger partial charge in [-0.2, -0.15) is 0 Å². The Morgan fingerprint density at radius 1 is 1.02 bits per heavy atom. The molecule has 0 radical (unpaired) electrons. The van der Waals surface area contributed by atoms with E-state index >= 15 is 0 Å². The quantitative estimate of drug-likeness (QED) is 0.363. The average Bonchev–Trinajstić information content (AvgIpc) is 2.91. The highest BCUT2D eigenvalue weighted by atomic mass is 35.5. The molecule has 1 saturated heterocycles. The second kappa shape index (κ2) is 11.9. The Hall–Kier alpha value is -3.63. The summed E-state index contributed by atoms with van der Waals surface area (Å²) in [5.41, 5.74) is 7.31. The Bertz CT molecular complexity index is 1410. The third-order valence-corrected chi connectivity index (χ3v) is 6.90. The first-order valence-electron chi connectivity index (χ1n) is 12.6. The summed E-state index contributed by atoms with van der Waals surface area (Å²) in [4.78, 5) is 37.3. The van der Waals surface area contributed by atoms with Crippen LogP contribution in [0.2, 0.25) is 10.0 Å². The maximum Gasteiger partial charge on any atom is 0.410 e. The van der Waals surface area contributed by atoms with E-state index in [1.807, 2.05) is 20.8 Å². The number of ether oxygens (including phenoxy) is 2. The summed E-state index contributed by atoms with van der Waals surface area (Å²) >= 11 is 12.3. The van der Waals surface area contributed by atoms with Crippen molar-refractivity contribution in [2.75, 3.05) is 31.9 Å². The van der Waals surface area contributed by atoms with E-state index in [4.69, 9.17) is 38.4 Å². The number of amides is 2. The SMILES string of the molecule is CC(Oc1nc(-c2ccc(C(=O)N3CCN(C(=O)OC(C)(C)C)CC3)cc2)cnc1N)c1c(Cl)ccc(F)c1Cl. The van der Waals surface area contributed by atoms with Gasteiger partial charge in [-0.1, -0.05) is 35.3 Å². The molecule has 0 bridgehead atoms. The Balaban J connectivity index is 1.43. The molecular weight excluding hydrogens is 560 g/mol. The summed E-state index contributed by atoms with van der Waals surface area (Å²) in [6, 6.07) is 9.47. The van der Waals surface area contributed by atoms with Crippen LogP contribution in [0, 0.1) is 5.82 Å². The monoisotopic (exact) mass is 589 g/mol. The summed E-state index contributed by atoms with van der Waals surface area (Å²) in [6.07, 6.45) is 0.341. The number of rotatable bonds is 5. The van der Waals surface area contributed by atoms with Crippen LogP contribution in [0.15, 0.2) is 42.6 Å². The van der Waals surface area contributed by atoms with Gasteiger partial charge in [0.1, 0.15) is 17.5 Å². The van der Waals surface area contributed by atoms with Crippen LogP contribution in [-0.4, -0.2) is 63.5 Å². The highest BCUT2D eigenvalue weighted by Gasteiger charge is 2.28. The minimum atomic E-state index is -0.765. The van der Waals surface area contributed by atoms with E-state index in [2.05, 4.69) is 9.97 Å². The number of benzene rings is 2. The number of nitrogen functional groups attached to an aromatic ring is 1. The van der Waals surface area contributed by atoms with Crippen LogP contribution in [0.1, 0.15) is 49.7 Å². The van der Waals surface area contributed by atoms with Gasteiger partial charge >= 0.3 is 6.09 Å². The van der Waals surface area contributed by atoms with Gasteiger partial charge < -0.3 is 25.0 Å². The Kier molecular flexibility index (Phi) is 8.70. The van der Waals surface area contributed by atoms with Crippen LogP contribution < -0.4 is 10.5 Å². The van der Waals surface area contributed by atoms with Crippen molar-refractivity contribution in [3.8, 4) is 17.1 Å². The number of nitrogens with zero attached hydrogens (tertiary/aromatic N) is 4. The molecule has 1 aliphatic rings. The minimum absolute atomic E-state index is 0.0319. The molecule has 1 fully saturated rings. The maximum absolute atomic E-state index is 14.0. The number of hydrogen-bond donors (Lipinski definition) is 1. The highest BCUT2D eigenvalue weighted by molar-refractivity contribution is 6.36. The minimum Gasteiger partial charge on any atom is -0.467 e. The molecule has 0 aliphatic carbocycles. The van der Waals surface area contributed by atoms with Crippen LogP contribution in [0.3, 0.4) is 0 Å². The Morgan fingerprint density at radius 3 is 2.27 bits per heavy atom. The summed E-state index contributed by atoms with van der Waals surface area (Å²) in [5, 5.41) is 0.0993. The zero-order valence-electron chi connectivity index (χ0n) is 22.6. The van der Waals surface area contributed by atoms with Crippen molar-refractivity contribution in [1.29, 1.82) is 0 Å². The van der Waals surface area contributed by atoms with Gasteiger partial charge in [-0.05, 0) is 52.0 Å². The molecule has 1 aromatic heterocycles. The molecule has 9 nitrogen and oxygen atoms in total. The third-order valence-electron chi connectivity index (χ3n) is 6.19. The molecule has 2 heterocycles. The molecule has 212 valence electrons. The standard InChI is InChI=1S/C28H30Cl2FN5O4/c1-16(22-19(29)9-10-20(31)23(22)30)39-25-24(32)33-15-21(34-25)17-5-7-18(8-6-17)26(37)35-11-13-36(14-12-35)27(38)40-28(2,3)4/h5-10,15-16H,11-14H2,1-4H3,(H2,32,33). The number of piperazine rings is 1. The molecule has 12 heteroatoms. The molecular formula is C28H30Cl2FN5O4. The topological polar surface area (TPSA) is 111 Å². The summed E-state index contributed by atoms with van der Waals surface area (Å²) in [7, 11) is 0. The molecule has 2 N–H and O–H groups in total. The lowest BCUT2D eigenvalue weighted by molar-refractivity contribution is 0.0141. The van der Waals surface area contributed by atoms with Gasteiger partial charge in [0.25, 0.3) is 11.8 Å². The van der Waals surface area contributed by atoms with E-state index in [1.54, 1.807) is 41.0 Å². The highest BCUT2D eigenvalue weighted by Crippen LogP contribution is 2.35. The van der Waals surface area contributed by atoms with E-state index in [-0.39, 0.29) is 39.3 Å². The van der Waals surface area contributed by atoms with Crippen molar-refractivity contribution < 1.29 is 23.5 Å². The van der Waals surface area contributed by atoms with Crippen molar-refractivity contribution in [3.05, 3.63) is 69.6 Å². The molecule has 2 amide bonds. The fourth-order valence-corrected chi connectivity index (χ4v) is 4.81. The molecule has 0 spiro atoms. The summed E-state index contributed by atoms with van der Waals surface area (Å²) in [6.45, 7) is 8.70. The van der Waals surface area contributed by atoms with Gasteiger partial charge in [0.2, 0.25) is 0 Å². The number of hydrogen-bond acceptors (Lipinski definition) is 7. The molecule has 1 aliphatic heterocycles. The van der Waals surface area contributed by atoms with Crippen LogP contribution >= 0.6 is 23.2 Å². The predicted molar refractivity (Wildman–Crippen MR) is 151 cm³/mol. The van der Waals surface area contributed by atoms with E-state index in [0.717, 1.165) is 0 Å². The van der Waals surface area contributed by atoms with Crippen LogP contribution in [0.25, 0.3) is 11.3 Å². The van der Waals surface area contributed by atoms with Gasteiger partial charge in [0.15, 0.2) is 5.82 Å². The van der Waals surface area contributed by atoms with Crippen molar-refractivity contribution in [2.45, 2.75) is 39.4 Å². The largest absolute Gasteiger partial charge is 0.467 e. The third kappa shape index (κ3) is 6.74. The number of halogens is 3. The zero-order valence-corrected chi connectivity index (χ0v) is 24.1. The van der Waals surface area contributed by atoms with E-state index in [0.29, 0.717) is 43.0 Å². The lowest BCUT2D eigenvalue weighted by Crippen LogP contribution is -2.51. The second-order valence-electron chi connectivity index (χ2n) is 10.3. The van der Waals surface area contributed by atoms with Gasteiger partial charge in [-0.15, -0.1) is 0 Å². The van der Waals surface area contributed by atoms with Gasteiger partial charge in [-0.3, -0.25) is 4.79 Å². The Labute approximate surface area is 242 Å². The number of anilines is 1. The van der Waals surface area contributed by atoms with Crippen molar-refractivity contribution in [1.82, 2.24) is 19.8 Å². The number of nitrogens with two attached hydrogens (primary N) is 1. The van der Waals surface area contributed by atoms with Gasteiger partial charge in [0.05, 0.1) is 16.9 Å². The van der Waals surface area contributed by atoms with Crippen molar-refractivity contribution in [3.63, 3.8) is 0 Å². The fourth-order valence-electron chi connectivity index (χ4n) is 4.13. The average molecular weight is 590 g/mol. The second-order valence-corrected chi connectivity index (χ2v) is 11.1. The summed E-state index contributed by atoms with van der Waals surface area (Å²) < 4.78 is 25.3. The molecule has 4 rings (SSSR count). The zero-order chi connectivity index (χ0) is 29.2. The normalized spacial score (nSPS) is 14.6. The van der Waals surface area contributed by atoms with Gasteiger partial charge in [-0.25, -0.2) is 19.2 Å². The number of aromatic nitrogens is 2.